The van der Waals surface area contributed by atoms with Crippen LogP contribution in [0.2, 0.25) is 0 Å². The molecule has 11 aromatic rings. The van der Waals surface area contributed by atoms with E-state index in [1.165, 1.54) is 89.9 Å². The van der Waals surface area contributed by atoms with Gasteiger partial charge >= 0.3 is 0 Å². The predicted molar refractivity (Wildman–Crippen MR) is 251 cm³/mol. The number of benzene rings is 8. The minimum Gasteiger partial charge on any atom is -0.456 e. The van der Waals surface area contributed by atoms with E-state index in [1.807, 2.05) is 28.7 Å². The minimum atomic E-state index is -0.295. The second-order valence-corrected chi connectivity index (χ2v) is 18.1. The number of nitrogens with zero attached hydrogens (tertiary/aromatic N) is 1. The molecule has 3 heterocycles. The molecule has 0 unspecified atom stereocenters. The third kappa shape index (κ3) is 4.70. The van der Waals surface area contributed by atoms with Crippen molar-refractivity contribution >= 4 is 108 Å². The molecule has 0 saturated heterocycles. The van der Waals surface area contributed by atoms with E-state index in [2.05, 4.69) is 183 Å². The monoisotopic (exact) mass is 779 g/mol. The van der Waals surface area contributed by atoms with E-state index in [4.69, 9.17) is 4.42 Å². The zero-order valence-electron chi connectivity index (χ0n) is 32.2. The van der Waals surface area contributed by atoms with E-state index < -0.39 is 0 Å². The summed E-state index contributed by atoms with van der Waals surface area (Å²) in [6.07, 6.45) is 2.66. The molecule has 4 heteroatoms. The molecule has 1 aliphatic rings. The second-order valence-electron chi connectivity index (χ2n) is 16.0. The average molecular weight is 780 g/mol. The van der Waals surface area contributed by atoms with Crippen molar-refractivity contribution in [2.45, 2.75) is 25.7 Å². The Morgan fingerprint density at radius 3 is 2.03 bits per heavy atom. The van der Waals surface area contributed by atoms with Crippen molar-refractivity contribution in [2.24, 2.45) is 0 Å². The van der Waals surface area contributed by atoms with Crippen molar-refractivity contribution in [3.8, 4) is 11.1 Å². The maximum absolute atomic E-state index is 7.20. The van der Waals surface area contributed by atoms with Crippen molar-refractivity contribution in [3.63, 3.8) is 0 Å². The summed E-state index contributed by atoms with van der Waals surface area (Å²) in [4.78, 5) is 2.45. The molecule has 0 fully saturated rings. The summed E-state index contributed by atoms with van der Waals surface area (Å²) in [5.41, 5.74) is 11.5. The van der Waals surface area contributed by atoms with Crippen molar-refractivity contribution in [3.05, 3.63) is 192 Å². The molecule has 58 heavy (non-hydrogen) atoms. The molecule has 0 N–H and O–H groups in total. The first kappa shape index (κ1) is 33.7. The van der Waals surface area contributed by atoms with Crippen molar-refractivity contribution in [1.29, 1.82) is 0 Å². The highest BCUT2D eigenvalue weighted by Gasteiger charge is 2.42. The molecule has 0 amide bonds. The Hall–Kier alpha value is -6.46. The normalized spacial score (nSPS) is 13.3. The number of anilines is 3. The molecule has 0 radical (unpaired) electrons. The summed E-state index contributed by atoms with van der Waals surface area (Å²) < 4.78 is 12.4. The zero-order valence-corrected chi connectivity index (χ0v) is 33.8. The van der Waals surface area contributed by atoms with Crippen LogP contribution in [0.3, 0.4) is 0 Å². The molecule has 0 atom stereocenters. The Labute approximate surface area is 344 Å². The molecular formula is C54H37NOS2. The Balaban J connectivity index is 1.14. The topological polar surface area (TPSA) is 16.4 Å². The van der Waals surface area contributed by atoms with E-state index in [9.17, 15) is 0 Å². The van der Waals surface area contributed by atoms with Crippen LogP contribution in [-0.4, -0.2) is 0 Å². The lowest BCUT2D eigenvalue weighted by atomic mass is 9.79. The van der Waals surface area contributed by atoms with Crippen LogP contribution >= 0.6 is 22.7 Å². The molecule has 1 aliphatic carbocycles. The van der Waals surface area contributed by atoms with Gasteiger partial charge in [-0.25, -0.2) is 0 Å². The largest absolute Gasteiger partial charge is 0.456 e. The fraction of sp³-hybridized carbons (Fsp3) is 0.0741. The van der Waals surface area contributed by atoms with Crippen LogP contribution in [0.4, 0.5) is 17.1 Å². The lowest BCUT2D eigenvalue weighted by molar-refractivity contribution is 0.600. The first-order valence-electron chi connectivity index (χ1n) is 19.9. The summed E-state index contributed by atoms with van der Waals surface area (Å²) in [6, 6.07) is 57.9. The third-order valence-corrected chi connectivity index (χ3v) is 14.9. The number of thiophene rings is 2. The smallest absolute Gasteiger partial charge is 0.143 e. The Morgan fingerprint density at radius 1 is 0.586 bits per heavy atom. The lowest BCUT2D eigenvalue weighted by Crippen LogP contribution is -2.16. The summed E-state index contributed by atoms with van der Waals surface area (Å²) in [6.45, 7) is 9.11. The quantitative estimate of drug-likeness (QED) is 0.167. The molecule has 12 rings (SSSR count). The molecular weight excluding hydrogens is 743 g/mol. The van der Waals surface area contributed by atoms with E-state index in [1.54, 1.807) is 0 Å². The van der Waals surface area contributed by atoms with Gasteiger partial charge < -0.3 is 9.32 Å². The molecule has 8 aromatic carbocycles. The predicted octanol–water partition coefficient (Wildman–Crippen LogP) is 16.3. The number of hydrogen-bond donors (Lipinski definition) is 0. The van der Waals surface area contributed by atoms with Gasteiger partial charge in [-0.15, -0.1) is 22.7 Å². The van der Waals surface area contributed by atoms with Crippen molar-refractivity contribution < 1.29 is 4.42 Å². The van der Waals surface area contributed by atoms with Gasteiger partial charge in [-0.05, 0) is 76.0 Å². The highest BCUT2D eigenvalue weighted by atomic mass is 32.1. The molecule has 0 aliphatic heterocycles. The molecule has 276 valence electrons. The summed E-state index contributed by atoms with van der Waals surface area (Å²) in [7, 11) is 0. The Morgan fingerprint density at radius 2 is 1.24 bits per heavy atom. The van der Waals surface area contributed by atoms with Crippen molar-refractivity contribution in [1.82, 2.24) is 0 Å². The average Bonchev–Trinajstić information content (AvgIpc) is 4.00. The summed E-state index contributed by atoms with van der Waals surface area (Å²) >= 11 is 3.74. The highest BCUT2D eigenvalue weighted by Crippen LogP contribution is 2.59. The summed E-state index contributed by atoms with van der Waals surface area (Å²) in [5.74, 6) is 0.838. The molecule has 0 spiro atoms. The van der Waals surface area contributed by atoms with Gasteiger partial charge in [-0.3, -0.25) is 0 Å². The zero-order chi connectivity index (χ0) is 38.7. The van der Waals surface area contributed by atoms with Crippen LogP contribution in [0, 0.1) is 0 Å². The van der Waals surface area contributed by atoms with E-state index in [0.717, 1.165) is 34.8 Å². The van der Waals surface area contributed by atoms with Crippen molar-refractivity contribution in [2.75, 3.05) is 4.90 Å². The molecule has 0 saturated carbocycles. The van der Waals surface area contributed by atoms with Gasteiger partial charge in [-0.1, -0.05) is 136 Å². The standard InChI is InChI=1S/C54H37NOS2/c1-4-44-41(30-32-16-14-23-40-36-20-11-13-27-46(36)58-53(32)40)48-38-21-8-9-22-39(38)51-50(52(48)56-44)49-42(54(51,2)3)24-15-25-43(49)55(33-17-6-5-7-18-33)34-28-29-37-35-19-10-12-26-45(35)57-47(37)31-34/h4-29,31H,1,30H2,2-3H3. The third-order valence-electron chi connectivity index (χ3n) is 12.5. The molecule has 2 nitrogen and oxygen atoms in total. The fourth-order valence-electron chi connectivity index (χ4n) is 9.98. The number of fused-ring (bicyclic) bond motifs is 14. The van der Waals surface area contributed by atoms with Gasteiger partial charge in [0.1, 0.15) is 11.3 Å². The van der Waals surface area contributed by atoms with Gasteiger partial charge in [0.2, 0.25) is 0 Å². The van der Waals surface area contributed by atoms with Gasteiger partial charge in [-0.2, -0.15) is 0 Å². The number of furan rings is 1. The summed E-state index contributed by atoms with van der Waals surface area (Å²) in [5, 5.41) is 8.90. The van der Waals surface area contributed by atoms with Crippen LogP contribution in [-0.2, 0) is 11.8 Å². The second kappa shape index (κ2) is 12.5. The highest BCUT2D eigenvalue weighted by molar-refractivity contribution is 7.26. The minimum absolute atomic E-state index is 0.295. The van der Waals surface area contributed by atoms with Gasteiger partial charge in [0.25, 0.3) is 0 Å². The first-order chi connectivity index (χ1) is 28.5. The van der Waals surface area contributed by atoms with Crippen LogP contribution < -0.4 is 4.90 Å². The fourth-order valence-corrected chi connectivity index (χ4v) is 12.3. The first-order valence-corrected chi connectivity index (χ1v) is 21.6. The Kier molecular flexibility index (Phi) is 7.26. The van der Waals surface area contributed by atoms with E-state index in [0.29, 0.717) is 0 Å². The van der Waals surface area contributed by atoms with Gasteiger partial charge in [0.15, 0.2) is 0 Å². The molecule has 3 aromatic heterocycles. The number of hydrogen-bond acceptors (Lipinski definition) is 4. The van der Waals surface area contributed by atoms with Gasteiger partial charge in [0, 0.05) is 85.6 Å². The van der Waals surface area contributed by atoms with Gasteiger partial charge in [0.05, 0.1) is 5.69 Å². The Bertz CT molecular complexity index is 3490. The maximum atomic E-state index is 7.20. The van der Waals surface area contributed by atoms with E-state index >= 15 is 0 Å². The SMILES string of the molecule is C=Cc1oc2c3c(c4ccccc4c2c1Cc1cccc2c1sc1ccccc12)C(C)(C)c1cccc(N(c2ccccc2)c2ccc4c(c2)sc2ccccc24)c1-3. The number of para-hydroxylation sites is 1. The van der Waals surface area contributed by atoms with Crippen LogP contribution in [0.5, 0.6) is 0 Å². The van der Waals surface area contributed by atoms with Crippen LogP contribution in [0.25, 0.3) is 79.3 Å². The van der Waals surface area contributed by atoms with E-state index in [-0.39, 0.29) is 5.41 Å². The maximum Gasteiger partial charge on any atom is 0.143 e. The van der Waals surface area contributed by atoms with Crippen LogP contribution in [0.15, 0.2) is 169 Å². The van der Waals surface area contributed by atoms with Crippen LogP contribution in [0.1, 0.15) is 41.9 Å². The number of rotatable bonds is 6. The lowest BCUT2D eigenvalue weighted by Gasteiger charge is -2.28. The molecule has 0 bridgehead atoms.